The molecular formula is C27H25ClF2N2O3S. The van der Waals surface area contributed by atoms with E-state index in [0.29, 0.717) is 22.0 Å². The molecular weight excluding hydrogens is 506 g/mol. The number of halogens is 3. The van der Waals surface area contributed by atoms with Crippen LogP contribution >= 0.6 is 11.6 Å². The van der Waals surface area contributed by atoms with Crippen molar-refractivity contribution in [1.29, 1.82) is 0 Å². The molecule has 9 heteroatoms. The van der Waals surface area contributed by atoms with Gasteiger partial charge in [0.1, 0.15) is 5.82 Å². The summed E-state index contributed by atoms with van der Waals surface area (Å²) in [4.78, 5) is 16.5. The normalized spacial score (nSPS) is 17.2. The van der Waals surface area contributed by atoms with Crippen molar-refractivity contribution in [3.8, 4) is 0 Å². The summed E-state index contributed by atoms with van der Waals surface area (Å²) in [6.07, 6.45) is 9.99. The van der Waals surface area contributed by atoms with Crippen LogP contribution in [0.25, 0.3) is 17.7 Å². The van der Waals surface area contributed by atoms with E-state index in [1.165, 1.54) is 6.20 Å². The summed E-state index contributed by atoms with van der Waals surface area (Å²) < 4.78 is 56.5. The number of carbonyl (C=O) groups excluding carboxylic acids is 1. The number of aromatic amines is 1. The monoisotopic (exact) mass is 530 g/mol. The smallest absolute Gasteiger partial charge is 0.232 e. The minimum Gasteiger partial charge on any atom is -0.361 e. The summed E-state index contributed by atoms with van der Waals surface area (Å²) in [6, 6.07) is 9.13. The van der Waals surface area contributed by atoms with Gasteiger partial charge in [-0.05, 0) is 67.2 Å². The number of carbonyl (C=O) groups is 1. The number of ketones is 1. The molecule has 2 N–H and O–H groups in total. The SMILES string of the molecule is CCCS(=O)(=O)Nc1ccc(F)c(C(=O)c2c[nH]c3/c2=C\C(c2ccc(Cl)cc2)=C/CCC/C=3)c1F. The van der Waals surface area contributed by atoms with E-state index in [9.17, 15) is 17.6 Å². The number of hydrogen-bond acceptors (Lipinski definition) is 3. The van der Waals surface area contributed by atoms with Gasteiger partial charge in [0.05, 0.1) is 17.0 Å². The molecule has 0 fully saturated rings. The second-order valence-electron chi connectivity index (χ2n) is 8.51. The summed E-state index contributed by atoms with van der Waals surface area (Å²) in [5, 5.41) is 1.76. The molecule has 0 radical (unpaired) electrons. The van der Waals surface area contributed by atoms with E-state index >= 15 is 4.39 Å². The number of anilines is 1. The quantitative estimate of drug-likeness (QED) is 0.414. The molecule has 188 valence electrons. The first-order chi connectivity index (χ1) is 17.2. The van der Waals surface area contributed by atoms with Crippen molar-refractivity contribution in [2.75, 3.05) is 10.5 Å². The Morgan fingerprint density at radius 1 is 1.08 bits per heavy atom. The third-order valence-corrected chi connectivity index (χ3v) is 7.58. The predicted octanol–water partition coefficient (Wildman–Crippen LogP) is 5.16. The zero-order chi connectivity index (χ0) is 25.9. The number of sulfonamides is 1. The largest absolute Gasteiger partial charge is 0.361 e. The van der Waals surface area contributed by atoms with Gasteiger partial charge in [-0.25, -0.2) is 17.2 Å². The van der Waals surface area contributed by atoms with Crippen molar-refractivity contribution >= 4 is 50.8 Å². The number of allylic oxidation sites excluding steroid dienone is 2. The maximum atomic E-state index is 15.3. The van der Waals surface area contributed by atoms with Gasteiger partial charge in [-0.2, -0.15) is 0 Å². The molecule has 0 unspecified atom stereocenters. The number of hydrogen-bond donors (Lipinski definition) is 2. The van der Waals surface area contributed by atoms with Crippen LogP contribution in [0.5, 0.6) is 0 Å². The number of rotatable bonds is 7. The van der Waals surface area contributed by atoms with Gasteiger partial charge in [0, 0.05) is 27.4 Å². The third-order valence-electron chi connectivity index (χ3n) is 5.85. The molecule has 1 aliphatic carbocycles. The Morgan fingerprint density at radius 3 is 2.53 bits per heavy atom. The Bertz CT molecular complexity index is 1560. The van der Waals surface area contributed by atoms with E-state index in [0.717, 1.165) is 42.5 Å². The van der Waals surface area contributed by atoms with Crippen LogP contribution in [0, 0.1) is 11.6 Å². The Labute approximate surface area is 213 Å². The highest BCUT2D eigenvalue weighted by Crippen LogP contribution is 2.25. The van der Waals surface area contributed by atoms with Crippen LogP contribution in [-0.2, 0) is 10.0 Å². The molecule has 1 heterocycles. The van der Waals surface area contributed by atoms with E-state index in [1.54, 1.807) is 19.1 Å². The summed E-state index contributed by atoms with van der Waals surface area (Å²) in [7, 11) is -3.84. The van der Waals surface area contributed by atoms with Gasteiger partial charge in [-0.3, -0.25) is 9.52 Å². The summed E-state index contributed by atoms with van der Waals surface area (Å²) in [5.74, 6) is -3.46. The van der Waals surface area contributed by atoms with Crippen molar-refractivity contribution in [2.45, 2.75) is 32.6 Å². The van der Waals surface area contributed by atoms with Crippen LogP contribution in [0.4, 0.5) is 14.5 Å². The van der Waals surface area contributed by atoms with Crippen LogP contribution in [0.15, 0.2) is 48.7 Å². The van der Waals surface area contributed by atoms with Crippen molar-refractivity contribution in [1.82, 2.24) is 4.98 Å². The highest BCUT2D eigenvalue weighted by atomic mass is 35.5. The van der Waals surface area contributed by atoms with Crippen LogP contribution in [-0.4, -0.2) is 24.9 Å². The topological polar surface area (TPSA) is 79.0 Å². The van der Waals surface area contributed by atoms with Gasteiger partial charge in [-0.1, -0.05) is 42.8 Å². The Kier molecular flexibility index (Phi) is 7.76. The lowest BCUT2D eigenvalue weighted by molar-refractivity contribution is 0.103. The molecule has 5 nitrogen and oxygen atoms in total. The maximum absolute atomic E-state index is 15.3. The zero-order valence-electron chi connectivity index (χ0n) is 19.6. The van der Waals surface area contributed by atoms with Crippen molar-refractivity contribution < 1.29 is 22.0 Å². The van der Waals surface area contributed by atoms with E-state index in [4.69, 9.17) is 11.6 Å². The fourth-order valence-corrected chi connectivity index (χ4v) is 5.36. The number of benzene rings is 2. The Morgan fingerprint density at radius 2 is 1.81 bits per heavy atom. The summed E-state index contributed by atoms with van der Waals surface area (Å²) >= 11 is 6.04. The van der Waals surface area contributed by atoms with Gasteiger partial charge < -0.3 is 4.98 Å². The van der Waals surface area contributed by atoms with Crippen LogP contribution in [0.2, 0.25) is 5.02 Å². The molecule has 0 atom stereocenters. The van der Waals surface area contributed by atoms with E-state index in [1.807, 2.05) is 24.3 Å². The number of nitrogens with one attached hydrogen (secondary N) is 2. The molecule has 1 aromatic heterocycles. The molecule has 0 bridgehead atoms. The van der Waals surface area contributed by atoms with Gasteiger partial charge in [0.2, 0.25) is 15.8 Å². The Balaban J connectivity index is 1.84. The third kappa shape index (κ3) is 5.60. The average Bonchev–Trinajstić information content (AvgIpc) is 3.25. The molecule has 1 aliphatic rings. The summed E-state index contributed by atoms with van der Waals surface area (Å²) in [6.45, 7) is 1.66. The maximum Gasteiger partial charge on any atom is 0.232 e. The average molecular weight is 531 g/mol. The van der Waals surface area contributed by atoms with Crippen molar-refractivity contribution in [2.24, 2.45) is 0 Å². The molecule has 0 amide bonds. The molecule has 0 aliphatic heterocycles. The van der Waals surface area contributed by atoms with Crippen LogP contribution in [0.3, 0.4) is 0 Å². The van der Waals surface area contributed by atoms with Gasteiger partial charge in [-0.15, -0.1) is 0 Å². The number of aromatic nitrogens is 1. The van der Waals surface area contributed by atoms with Crippen molar-refractivity contribution in [3.63, 3.8) is 0 Å². The number of fused-ring (bicyclic) bond motifs is 1. The highest BCUT2D eigenvalue weighted by molar-refractivity contribution is 7.92. The van der Waals surface area contributed by atoms with Gasteiger partial charge in [0.25, 0.3) is 0 Å². The van der Waals surface area contributed by atoms with Crippen LogP contribution < -0.4 is 15.3 Å². The molecule has 0 saturated heterocycles. The van der Waals surface area contributed by atoms with E-state index in [2.05, 4.69) is 15.8 Å². The van der Waals surface area contributed by atoms with Crippen molar-refractivity contribution in [3.05, 3.63) is 92.6 Å². The second kappa shape index (κ2) is 10.8. The molecule has 2 aromatic carbocycles. The minimum atomic E-state index is -3.84. The lowest BCUT2D eigenvalue weighted by Crippen LogP contribution is -2.28. The number of H-pyrrole nitrogens is 1. The summed E-state index contributed by atoms with van der Waals surface area (Å²) in [5.41, 5.74) is 0.518. The van der Waals surface area contributed by atoms with Crippen LogP contribution in [0.1, 0.15) is 54.1 Å². The lowest BCUT2D eigenvalue weighted by Gasteiger charge is -2.11. The molecule has 3 aromatic rings. The van der Waals surface area contributed by atoms with E-state index in [-0.39, 0.29) is 11.3 Å². The lowest BCUT2D eigenvalue weighted by atomic mass is 9.99. The minimum absolute atomic E-state index is 0.0781. The van der Waals surface area contributed by atoms with Gasteiger partial charge >= 0.3 is 0 Å². The second-order valence-corrected chi connectivity index (χ2v) is 10.8. The molecule has 0 saturated carbocycles. The van der Waals surface area contributed by atoms with E-state index < -0.39 is 38.7 Å². The molecule has 36 heavy (non-hydrogen) atoms. The first-order valence-electron chi connectivity index (χ1n) is 11.6. The standard InChI is InChI=1S/C27H25ClF2N2O3S/c1-2-14-36(34,35)32-24-13-12-22(29)25(26(24)30)27(33)21-16-31-23-7-5-3-4-6-18(15-20(21)23)17-8-10-19(28)11-9-17/h6-13,15-16,31-32H,2-5,14H2,1H3/b18-6+,20-15-,23-7-. The predicted molar refractivity (Wildman–Crippen MR) is 140 cm³/mol. The first kappa shape index (κ1) is 25.9. The fourth-order valence-electron chi connectivity index (χ4n) is 4.10. The fraction of sp³-hybridized carbons (Fsp3) is 0.222. The molecule has 4 rings (SSSR count). The Hall–Kier alpha value is -3.23. The molecule has 0 spiro atoms. The zero-order valence-corrected chi connectivity index (χ0v) is 21.1. The highest BCUT2D eigenvalue weighted by Gasteiger charge is 2.25. The van der Waals surface area contributed by atoms with Gasteiger partial charge in [0.15, 0.2) is 5.82 Å². The first-order valence-corrected chi connectivity index (χ1v) is 13.6.